The van der Waals surface area contributed by atoms with E-state index in [4.69, 9.17) is 4.74 Å². The zero-order chi connectivity index (χ0) is 15.5. The number of ether oxygens (including phenoxy) is 1. The van der Waals surface area contributed by atoms with Crippen molar-refractivity contribution in [3.05, 3.63) is 59.2 Å². The van der Waals surface area contributed by atoms with E-state index in [9.17, 15) is 4.79 Å². The molecule has 0 fully saturated rings. The van der Waals surface area contributed by atoms with E-state index in [1.165, 1.54) is 11.1 Å². The van der Waals surface area contributed by atoms with Crippen molar-refractivity contribution in [2.45, 2.75) is 19.4 Å². The summed E-state index contributed by atoms with van der Waals surface area (Å²) in [6, 6.07) is 13.7. The Bertz CT molecular complexity index is 697. The van der Waals surface area contributed by atoms with Crippen molar-refractivity contribution < 1.29 is 9.53 Å². The zero-order valence-electron chi connectivity index (χ0n) is 12.8. The number of para-hydroxylation sites is 2. The molecule has 0 aliphatic carbocycles. The Morgan fingerprint density at radius 1 is 1.27 bits per heavy atom. The minimum Gasteiger partial charge on any atom is -0.495 e. The highest BCUT2D eigenvalue weighted by Crippen LogP contribution is 2.28. The molecule has 3 rings (SSSR count). The minimum absolute atomic E-state index is 0.0122. The number of benzene rings is 2. The Morgan fingerprint density at radius 2 is 2.09 bits per heavy atom. The molecule has 0 aromatic heterocycles. The molecule has 2 aromatic carbocycles. The smallest absolute Gasteiger partial charge is 0.233 e. The van der Waals surface area contributed by atoms with Crippen molar-refractivity contribution in [3.8, 4) is 5.75 Å². The fraction of sp³-hybridized carbons (Fsp3) is 0.278. The van der Waals surface area contributed by atoms with Crippen molar-refractivity contribution in [2.24, 2.45) is 0 Å². The van der Waals surface area contributed by atoms with E-state index >= 15 is 0 Å². The van der Waals surface area contributed by atoms with Gasteiger partial charge in [0.2, 0.25) is 5.91 Å². The average Bonchev–Trinajstić information content (AvgIpc) is 2.54. The van der Waals surface area contributed by atoms with Crippen LogP contribution in [0.25, 0.3) is 0 Å². The highest BCUT2D eigenvalue weighted by Gasteiger charge is 2.26. The summed E-state index contributed by atoms with van der Waals surface area (Å²) in [5.41, 5.74) is 4.23. The average molecular weight is 296 g/mol. The number of carbonyl (C=O) groups is 1. The van der Waals surface area contributed by atoms with Gasteiger partial charge in [0, 0.05) is 13.1 Å². The van der Waals surface area contributed by atoms with Crippen LogP contribution in [-0.2, 0) is 11.3 Å². The van der Waals surface area contributed by atoms with Crippen LogP contribution in [0.15, 0.2) is 42.5 Å². The second kappa shape index (κ2) is 6.20. The molecular weight excluding hydrogens is 276 g/mol. The second-order valence-electron chi connectivity index (χ2n) is 5.58. The predicted molar refractivity (Wildman–Crippen MR) is 87.3 cm³/mol. The maximum absolute atomic E-state index is 12.7. The Labute approximate surface area is 130 Å². The van der Waals surface area contributed by atoms with E-state index in [0.29, 0.717) is 18.0 Å². The van der Waals surface area contributed by atoms with Crippen molar-refractivity contribution in [1.29, 1.82) is 0 Å². The fourth-order valence-corrected chi connectivity index (χ4v) is 2.89. The first-order valence-electron chi connectivity index (χ1n) is 7.43. The summed E-state index contributed by atoms with van der Waals surface area (Å²) >= 11 is 0. The molecule has 2 N–H and O–H groups in total. The maximum Gasteiger partial charge on any atom is 0.233 e. The van der Waals surface area contributed by atoms with Crippen LogP contribution in [0.5, 0.6) is 5.75 Å². The lowest BCUT2D eigenvalue weighted by Crippen LogP contribution is -2.35. The molecule has 1 heterocycles. The Kier molecular flexibility index (Phi) is 4.11. The topological polar surface area (TPSA) is 50.4 Å². The fourth-order valence-electron chi connectivity index (χ4n) is 2.89. The normalized spacial score (nSPS) is 16.7. The van der Waals surface area contributed by atoms with Gasteiger partial charge in [-0.25, -0.2) is 0 Å². The van der Waals surface area contributed by atoms with Gasteiger partial charge < -0.3 is 15.4 Å². The Balaban J connectivity index is 1.85. The standard InChI is InChI=1S/C18H20N2O2/c1-12-7-8-14-13(9-12)10-19-11-15(14)18(21)20-16-5-3-4-6-17(16)22-2/h3-9,15,19H,10-11H2,1-2H3,(H,20,21). The lowest BCUT2D eigenvalue weighted by atomic mass is 9.89. The molecule has 0 radical (unpaired) electrons. The number of amides is 1. The number of anilines is 1. The number of hydrogen-bond acceptors (Lipinski definition) is 3. The molecule has 2 aromatic rings. The number of aryl methyl sites for hydroxylation is 1. The molecule has 1 atom stereocenters. The molecule has 4 nitrogen and oxygen atoms in total. The predicted octanol–water partition coefficient (Wildman–Crippen LogP) is 2.83. The van der Waals surface area contributed by atoms with Gasteiger partial charge in [0.15, 0.2) is 0 Å². The summed E-state index contributed by atoms with van der Waals surface area (Å²) in [7, 11) is 1.60. The van der Waals surface area contributed by atoms with E-state index in [1.807, 2.05) is 24.3 Å². The van der Waals surface area contributed by atoms with Crippen molar-refractivity contribution in [1.82, 2.24) is 5.32 Å². The molecule has 1 amide bonds. The van der Waals surface area contributed by atoms with Gasteiger partial charge >= 0.3 is 0 Å². The van der Waals surface area contributed by atoms with Gasteiger partial charge in [-0.05, 0) is 30.2 Å². The Hall–Kier alpha value is -2.33. The molecule has 0 saturated carbocycles. The van der Waals surface area contributed by atoms with Crippen molar-refractivity contribution >= 4 is 11.6 Å². The minimum atomic E-state index is -0.186. The number of rotatable bonds is 3. The third-order valence-corrected chi connectivity index (χ3v) is 4.02. The van der Waals surface area contributed by atoms with E-state index in [0.717, 1.165) is 12.1 Å². The zero-order valence-corrected chi connectivity index (χ0v) is 12.8. The first-order chi connectivity index (χ1) is 10.7. The summed E-state index contributed by atoms with van der Waals surface area (Å²) in [6.07, 6.45) is 0. The molecule has 0 bridgehead atoms. The number of hydrogen-bond donors (Lipinski definition) is 2. The first-order valence-corrected chi connectivity index (χ1v) is 7.43. The van der Waals surface area contributed by atoms with Gasteiger partial charge in [-0.1, -0.05) is 35.9 Å². The van der Waals surface area contributed by atoms with E-state index in [-0.39, 0.29) is 11.8 Å². The highest BCUT2D eigenvalue weighted by atomic mass is 16.5. The Morgan fingerprint density at radius 3 is 2.91 bits per heavy atom. The molecule has 0 spiro atoms. The quantitative estimate of drug-likeness (QED) is 0.915. The third-order valence-electron chi connectivity index (χ3n) is 4.02. The summed E-state index contributed by atoms with van der Waals surface area (Å²) in [4.78, 5) is 12.7. The van der Waals surface area contributed by atoms with Crippen LogP contribution in [0, 0.1) is 6.92 Å². The molecular formula is C18H20N2O2. The second-order valence-corrected chi connectivity index (χ2v) is 5.58. The van der Waals surface area contributed by atoms with Crippen LogP contribution in [0.4, 0.5) is 5.69 Å². The van der Waals surface area contributed by atoms with Gasteiger partial charge in [-0.3, -0.25) is 4.79 Å². The molecule has 114 valence electrons. The summed E-state index contributed by atoms with van der Waals surface area (Å²) in [5.74, 6) is 0.472. The molecule has 22 heavy (non-hydrogen) atoms. The summed E-state index contributed by atoms with van der Waals surface area (Å²) < 4.78 is 5.29. The van der Waals surface area contributed by atoms with Gasteiger partial charge in [0.25, 0.3) is 0 Å². The summed E-state index contributed by atoms with van der Waals surface area (Å²) in [6.45, 7) is 3.53. The monoisotopic (exact) mass is 296 g/mol. The number of carbonyl (C=O) groups excluding carboxylic acids is 1. The number of nitrogens with one attached hydrogen (secondary N) is 2. The van der Waals surface area contributed by atoms with Crippen LogP contribution in [0.2, 0.25) is 0 Å². The molecule has 4 heteroatoms. The van der Waals surface area contributed by atoms with Gasteiger partial charge in [-0.2, -0.15) is 0 Å². The number of methoxy groups -OCH3 is 1. The summed E-state index contributed by atoms with van der Waals surface area (Å²) in [5, 5.41) is 6.30. The van der Waals surface area contributed by atoms with Crippen LogP contribution in [-0.4, -0.2) is 19.6 Å². The lowest BCUT2D eigenvalue weighted by molar-refractivity contribution is -0.117. The van der Waals surface area contributed by atoms with E-state index in [1.54, 1.807) is 7.11 Å². The first kappa shape index (κ1) is 14.6. The van der Waals surface area contributed by atoms with E-state index < -0.39 is 0 Å². The third kappa shape index (κ3) is 2.83. The molecule has 0 saturated heterocycles. The van der Waals surface area contributed by atoms with Crippen LogP contribution < -0.4 is 15.4 Å². The molecule has 1 unspecified atom stereocenters. The van der Waals surface area contributed by atoms with Gasteiger partial charge in [0.1, 0.15) is 5.75 Å². The van der Waals surface area contributed by atoms with Gasteiger partial charge in [0.05, 0.1) is 18.7 Å². The van der Waals surface area contributed by atoms with Crippen LogP contribution in [0.3, 0.4) is 0 Å². The SMILES string of the molecule is COc1ccccc1NC(=O)C1CNCc2cc(C)ccc21. The lowest BCUT2D eigenvalue weighted by Gasteiger charge is -2.26. The van der Waals surface area contributed by atoms with Crippen LogP contribution in [0.1, 0.15) is 22.6 Å². The largest absolute Gasteiger partial charge is 0.495 e. The maximum atomic E-state index is 12.7. The highest BCUT2D eigenvalue weighted by molar-refractivity contribution is 5.97. The molecule has 1 aliphatic heterocycles. The molecule has 1 aliphatic rings. The number of fused-ring (bicyclic) bond motifs is 1. The van der Waals surface area contributed by atoms with Crippen molar-refractivity contribution in [3.63, 3.8) is 0 Å². The van der Waals surface area contributed by atoms with Crippen molar-refractivity contribution in [2.75, 3.05) is 19.0 Å². The van der Waals surface area contributed by atoms with Gasteiger partial charge in [-0.15, -0.1) is 0 Å². The van der Waals surface area contributed by atoms with Crippen LogP contribution >= 0.6 is 0 Å². The van der Waals surface area contributed by atoms with E-state index in [2.05, 4.69) is 35.8 Å².